The van der Waals surface area contributed by atoms with E-state index in [0.717, 1.165) is 24.2 Å². The molecule has 1 saturated heterocycles. The molecule has 0 saturated carbocycles. The summed E-state index contributed by atoms with van der Waals surface area (Å²) in [6.45, 7) is 7.05. The standard InChI is InChI=1S/C23H30F3N5O3S/c1-5-16(23(24,25)26)29-17-9-12(2)15(10-27-17)19-18(22(34)31-8-6-7-14(31)4)30-21(35-19)20(33)28-13(3)11-32/h9-10,13-14,16,32H,5-8,11H2,1-4H3,(H,27,29)(H,28,33)/t13-,14+,16-/m1/s1. The topological polar surface area (TPSA) is 107 Å². The van der Waals surface area contributed by atoms with Crippen LogP contribution in [0.1, 0.15) is 65.9 Å². The van der Waals surface area contributed by atoms with Crippen molar-refractivity contribution in [2.75, 3.05) is 18.5 Å². The number of aliphatic hydroxyl groups is 1. The van der Waals surface area contributed by atoms with Crippen molar-refractivity contribution in [2.24, 2.45) is 0 Å². The van der Waals surface area contributed by atoms with E-state index < -0.39 is 24.2 Å². The molecule has 0 radical (unpaired) electrons. The number of aromatic nitrogens is 2. The van der Waals surface area contributed by atoms with E-state index in [2.05, 4.69) is 20.6 Å². The van der Waals surface area contributed by atoms with E-state index in [4.69, 9.17) is 0 Å². The van der Waals surface area contributed by atoms with E-state index in [9.17, 15) is 27.9 Å². The van der Waals surface area contributed by atoms with Gasteiger partial charge in [0.25, 0.3) is 11.8 Å². The van der Waals surface area contributed by atoms with Crippen LogP contribution < -0.4 is 10.6 Å². The molecular formula is C23H30F3N5O3S. The fourth-order valence-corrected chi connectivity index (χ4v) is 4.95. The second kappa shape index (κ2) is 10.9. The molecule has 0 unspecified atom stereocenters. The van der Waals surface area contributed by atoms with E-state index in [0.29, 0.717) is 22.5 Å². The molecular weight excluding hydrogens is 483 g/mol. The second-order valence-electron chi connectivity index (χ2n) is 8.77. The van der Waals surface area contributed by atoms with Gasteiger partial charge in [-0.2, -0.15) is 13.2 Å². The Morgan fingerprint density at radius 2 is 2.09 bits per heavy atom. The van der Waals surface area contributed by atoms with Crippen molar-refractivity contribution >= 4 is 29.0 Å². The minimum absolute atomic E-state index is 0.0304. The third-order valence-electron chi connectivity index (χ3n) is 5.97. The van der Waals surface area contributed by atoms with Crippen molar-refractivity contribution in [3.05, 3.63) is 28.5 Å². The number of pyridine rings is 1. The second-order valence-corrected chi connectivity index (χ2v) is 9.77. The molecule has 12 heteroatoms. The molecule has 3 atom stereocenters. The van der Waals surface area contributed by atoms with Gasteiger partial charge in [-0.05, 0) is 51.7 Å². The molecule has 192 valence electrons. The van der Waals surface area contributed by atoms with Crippen molar-refractivity contribution in [1.82, 2.24) is 20.2 Å². The summed E-state index contributed by atoms with van der Waals surface area (Å²) in [7, 11) is 0. The molecule has 3 heterocycles. The van der Waals surface area contributed by atoms with E-state index >= 15 is 0 Å². The molecule has 2 aromatic heterocycles. The Hall–Kier alpha value is -2.73. The van der Waals surface area contributed by atoms with Crippen molar-refractivity contribution in [3.8, 4) is 10.4 Å². The number of thiazole rings is 1. The van der Waals surface area contributed by atoms with Crippen LogP contribution in [-0.2, 0) is 0 Å². The molecule has 1 fully saturated rings. The Balaban J connectivity index is 2.00. The number of likely N-dealkylation sites (tertiary alicyclic amines) is 1. The van der Waals surface area contributed by atoms with Crippen molar-refractivity contribution in [2.45, 2.75) is 71.3 Å². The Morgan fingerprint density at radius 3 is 2.63 bits per heavy atom. The van der Waals surface area contributed by atoms with Crippen LogP contribution in [0.15, 0.2) is 12.3 Å². The van der Waals surface area contributed by atoms with Gasteiger partial charge in [0.2, 0.25) is 0 Å². The fourth-order valence-electron chi connectivity index (χ4n) is 3.91. The molecule has 1 aliphatic heterocycles. The van der Waals surface area contributed by atoms with Gasteiger partial charge >= 0.3 is 6.18 Å². The first-order chi connectivity index (χ1) is 16.5. The normalized spacial score (nSPS) is 17.8. The average Bonchev–Trinajstić information content (AvgIpc) is 3.43. The predicted octanol–water partition coefficient (Wildman–Crippen LogP) is 4.00. The largest absolute Gasteiger partial charge is 0.408 e. The van der Waals surface area contributed by atoms with Crippen LogP contribution in [0.4, 0.5) is 19.0 Å². The van der Waals surface area contributed by atoms with Gasteiger partial charge in [-0.15, -0.1) is 11.3 Å². The maximum atomic E-state index is 13.4. The van der Waals surface area contributed by atoms with Gasteiger partial charge in [-0.3, -0.25) is 9.59 Å². The summed E-state index contributed by atoms with van der Waals surface area (Å²) in [6, 6.07) is -0.713. The zero-order valence-electron chi connectivity index (χ0n) is 20.1. The molecule has 35 heavy (non-hydrogen) atoms. The maximum absolute atomic E-state index is 13.4. The monoisotopic (exact) mass is 513 g/mol. The molecule has 1 aliphatic rings. The molecule has 2 aromatic rings. The van der Waals surface area contributed by atoms with Gasteiger partial charge in [-0.25, -0.2) is 9.97 Å². The third kappa shape index (κ3) is 6.10. The predicted molar refractivity (Wildman–Crippen MR) is 128 cm³/mol. The van der Waals surface area contributed by atoms with Crippen LogP contribution in [0.25, 0.3) is 10.4 Å². The van der Waals surface area contributed by atoms with Crippen LogP contribution in [0, 0.1) is 6.92 Å². The number of halogens is 3. The lowest BCUT2D eigenvalue weighted by Gasteiger charge is -2.22. The fraction of sp³-hybridized carbons (Fsp3) is 0.565. The summed E-state index contributed by atoms with van der Waals surface area (Å²) >= 11 is 1.01. The van der Waals surface area contributed by atoms with Crippen molar-refractivity contribution < 1.29 is 27.9 Å². The van der Waals surface area contributed by atoms with Crippen molar-refractivity contribution in [3.63, 3.8) is 0 Å². The van der Waals surface area contributed by atoms with E-state index in [1.165, 1.54) is 19.2 Å². The third-order valence-corrected chi connectivity index (χ3v) is 7.06. The minimum Gasteiger partial charge on any atom is -0.394 e. The summed E-state index contributed by atoms with van der Waals surface area (Å²) < 4.78 is 39.5. The lowest BCUT2D eigenvalue weighted by molar-refractivity contribution is -0.142. The number of aliphatic hydroxyl groups excluding tert-OH is 1. The highest BCUT2D eigenvalue weighted by atomic mass is 32.1. The lowest BCUT2D eigenvalue weighted by Crippen LogP contribution is -2.36. The molecule has 0 aliphatic carbocycles. The number of rotatable bonds is 8. The first kappa shape index (κ1) is 26.9. The van der Waals surface area contributed by atoms with Crippen molar-refractivity contribution in [1.29, 1.82) is 0 Å². The molecule has 0 bridgehead atoms. The quantitative estimate of drug-likeness (QED) is 0.493. The number of nitrogens with one attached hydrogen (secondary N) is 2. The summed E-state index contributed by atoms with van der Waals surface area (Å²) in [6.07, 6.45) is -1.44. The van der Waals surface area contributed by atoms with E-state index in [1.807, 2.05) is 6.92 Å². The number of carbonyl (C=O) groups excluding carboxylic acids is 2. The molecule has 0 spiro atoms. The zero-order valence-corrected chi connectivity index (χ0v) is 20.9. The van der Waals surface area contributed by atoms with Crippen LogP contribution in [0.3, 0.4) is 0 Å². The van der Waals surface area contributed by atoms with Gasteiger partial charge in [0, 0.05) is 30.4 Å². The number of hydrogen-bond donors (Lipinski definition) is 3. The van der Waals surface area contributed by atoms with Gasteiger partial charge in [0.1, 0.15) is 17.6 Å². The Kier molecular flexibility index (Phi) is 8.37. The summed E-state index contributed by atoms with van der Waals surface area (Å²) in [5, 5.41) is 14.3. The number of hydrogen-bond acceptors (Lipinski definition) is 7. The van der Waals surface area contributed by atoms with Gasteiger partial charge in [-0.1, -0.05) is 6.92 Å². The highest BCUT2D eigenvalue weighted by molar-refractivity contribution is 7.17. The van der Waals surface area contributed by atoms with E-state index in [-0.39, 0.29) is 41.5 Å². The highest BCUT2D eigenvalue weighted by Gasteiger charge is 2.38. The Labute approximate surface area is 206 Å². The smallest absolute Gasteiger partial charge is 0.394 e. The summed E-state index contributed by atoms with van der Waals surface area (Å²) in [4.78, 5) is 36.7. The van der Waals surface area contributed by atoms with Crippen LogP contribution in [0.5, 0.6) is 0 Å². The lowest BCUT2D eigenvalue weighted by atomic mass is 10.1. The number of nitrogens with zero attached hydrogens (tertiary/aromatic N) is 3. The maximum Gasteiger partial charge on any atom is 0.408 e. The number of aryl methyl sites for hydroxylation is 1. The highest BCUT2D eigenvalue weighted by Crippen LogP contribution is 2.35. The number of amides is 2. The Bertz CT molecular complexity index is 1080. The van der Waals surface area contributed by atoms with E-state index in [1.54, 1.807) is 18.7 Å². The zero-order chi connectivity index (χ0) is 25.9. The van der Waals surface area contributed by atoms with Crippen LogP contribution >= 0.6 is 11.3 Å². The first-order valence-corrected chi connectivity index (χ1v) is 12.3. The SMILES string of the molecule is CC[C@@H](Nc1cc(C)c(-c2sc(C(=O)N[C@H](C)CO)nc2C(=O)N2CCC[C@@H]2C)cn1)C(F)(F)F. The molecule has 3 N–H and O–H groups in total. The Morgan fingerprint density at radius 1 is 1.37 bits per heavy atom. The summed E-state index contributed by atoms with van der Waals surface area (Å²) in [5.41, 5.74) is 1.21. The first-order valence-electron chi connectivity index (χ1n) is 11.5. The average molecular weight is 514 g/mol. The van der Waals surface area contributed by atoms with Gasteiger partial charge in [0.15, 0.2) is 5.01 Å². The molecule has 8 nitrogen and oxygen atoms in total. The van der Waals surface area contributed by atoms with Gasteiger partial charge < -0.3 is 20.6 Å². The summed E-state index contributed by atoms with van der Waals surface area (Å²) in [5.74, 6) is -0.762. The minimum atomic E-state index is -4.42. The van der Waals surface area contributed by atoms with Crippen LogP contribution in [0.2, 0.25) is 0 Å². The molecule has 0 aromatic carbocycles. The van der Waals surface area contributed by atoms with Crippen LogP contribution in [-0.4, -0.2) is 69.2 Å². The number of carbonyl (C=O) groups is 2. The molecule has 2 amide bonds. The van der Waals surface area contributed by atoms with Gasteiger partial charge in [0.05, 0.1) is 11.5 Å². The number of anilines is 1. The molecule has 3 rings (SSSR count). The number of alkyl halides is 3.